The number of aromatic nitrogens is 2. The van der Waals surface area contributed by atoms with E-state index in [0.717, 1.165) is 0 Å². The number of hydrogen-bond donors (Lipinski definition) is 0. The first-order valence-electron chi connectivity index (χ1n) is 11.7. The van der Waals surface area contributed by atoms with Crippen LogP contribution in [-0.4, -0.2) is 28.3 Å². The van der Waals surface area contributed by atoms with E-state index in [1.54, 1.807) is 30.4 Å². The average Bonchev–Trinajstić information content (AvgIpc) is 3.37. The lowest BCUT2D eigenvalue weighted by atomic mass is 9.88. The van der Waals surface area contributed by atoms with Crippen molar-refractivity contribution in [2.45, 2.75) is 12.8 Å². The highest BCUT2D eigenvalue weighted by molar-refractivity contribution is 6.39. The summed E-state index contributed by atoms with van der Waals surface area (Å²) in [5.41, 5.74) is 1.82. The molecule has 0 bridgehead atoms. The number of halogens is 2. The van der Waals surface area contributed by atoms with Gasteiger partial charge in [0.2, 0.25) is 12.7 Å². The van der Waals surface area contributed by atoms with Gasteiger partial charge in [-0.2, -0.15) is 0 Å². The second-order valence-electron chi connectivity index (χ2n) is 8.68. The van der Waals surface area contributed by atoms with E-state index >= 15 is 0 Å². The van der Waals surface area contributed by atoms with E-state index in [2.05, 4.69) is 9.97 Å². The van der Waals surface area contributed by atoms with Crippen molar-refractivity contribution in [2.75, 3.05) is 6.79 Å². The van der Waals surface area contributed by atoms with Gasteiger partial charge in [-0.05, 0) is 47.9 Å². The van der Waals surface area contributed by atoms with Crippen molar-refractivity contribution in [3.63, 3.8) is 0 Å². The lowest BCUT2D eigenvalue weighted by molar-refractivity contribution is -0.118. The average molecular weight is 512 g/mol. The molecule has 1 aromatic heterocycles. The Kier molecular flexibility index (Phi) is 5.88. The summed E-state index contributed by atoms with van der Waals surface area (Å²) in [4.78, 5) is 34.3. The summed E-state index contributed by atoms with van der Waals surface area (Å²) in [5, 5.41) is 0.517. The van der Waals surface area contributed by atoms with Crippen LogP contribution in [0.5, 0.6) is 23.1 Å². The highest BCUT2D eigenvalue weighted by Crippen LogP contribution is 2.39. The van der Waals surface area contributed by atoms with Gasteiger partial charge in [0.25, 0.3) is 0 Å². The fourth-order valence-electron chi connectivity index (χ4n) is 4.37. The summed E-state index contributed by atoms with van der Waals surface area (Å²) < 4.78 is 44.8. The third kappa shape index (κ3) is 4.39. The van der Waals surface area contributed by atoms with Crippen LogP contribution >= 0.6 is 0 Å². The molecule has 0 saturated heterocycles. The number of fused-ring (bicyclic) bond motifs is 2. The minimum Gasteiger partial charge on any atom is -0.454 e. The van der Waals surface area contributed by atoms with Gasteiger partial charge < -0.3 is 14.2 Å². The molecule has 0 radical (unpaired) electrons. The van der Waals surface area contributed by atoms with Crippen LogP contribution in [0.15, 0.2) is 78.6 Å². The number of carbonyl (C=O) groups is 2. The molecule has 2 heterocycles. The number of allylic oxidation sites excluding steroid dienone is 4. The van der Waals surface area contributed by atoms with Crippen molar-refractivity contribution in [3.8, 4) is 23.1 Å². The summed E-state index contributed by atoms with van der Waals surface area (Å²) in [7, 11) is 0. The molecule has 0 spiro atoms. The Balaban J connectivity index is 1.18. The summed E-state index contributed by atoms with van der Waals surface area (Å²) in [5.74, 6) is -0.886. The van der Waals surface area contributed by atoms with Crippen LogP contribution in [0.2, 0.25) is 0 Å². The van der Waals surface area contributed by atoms with E-state index < -0.39 is 23.2 Å². The SMILES string of the molecule is O=C(Cc1ccc(Oc2ncnc3cc4c(cc23)OCO4)c(F)c1)C1=CCC=C(c2ccc(F)cc2)C1=O. The van der Waals surface area contributed by atoms with E-state index in [9.17, 15) is 18.4 Å². The molecule has 0 saturated carbocycles. The lowest BCUT2D eigenvalue weighted by Crippen LogP contribution is -2.18. The molecule has 38 heavy (non-hydrogen) atoms. The predicted octanol–water partition coefficient (Wildman–Crippen LogP) is 5.52. The number of benzene rings is 3. The Morgan fingerprint density at radius 1 is 0.947 bits per heavy atom. The van der Waals surface area contributed by atoms with Crippen LogP contribution in [0.1, 0.15) is 17.5 Å². The zero-order chi connectivity index (χ0) is 26.2. The van der Waals surface area contributed by atoms with Gasteiger partial charge in [-0.3, -0.25) is 9.59 Å². The molecule has 4 aromatic rings. The maximum Gasteiger partial charge on any atom is 0.231 e. The molecular formula is C29H18F2N2O5. The number of ketones is 2. The van der Waals surface area contributed by atoms with Gasteiger partial charge >= 0.3 is 0 Å². The Morgan fingerprint density at radius 2 is 1.74 bits per heavy atom. The van der Waals surface area contributed by atoms with Crippen LogP contribution in [0, 0.1) is 11.6 Å². The van der Waals surface area contributed by atoms with Crippen molar-refractivity contribution >= 4 is 28.0 Å². The normalized spacial score (nSPS) is 14.3. The maximum atomic E-state index is 15.0. The third-order valence-electron chi connectivity index (χ3n) is 6.25. The summed E-state index contributed by atoms with van der Waals surface area (Å²) in [6.07, 6.45) is 4.76. The Bertz CT molecular complexity index is 1680. The van der Waals surface area contributed by atoms with Crippen molar-refractivity contribution in [3.05, 3.63) is 101 Å². The van der Waals surface area contributed by atoms with Crippen LogP contribution in [-0.2, 0) is 16.0 Å². The van der Waals surface area contributed by atoms with E-state index in [1.807, 2.05) is 0 Å². The second-order valence-corrected chi connectivity index (χ2v) is 8.68. The molecule has 1 aliphatic heterocycles. The second kappa shape index (κ2) is 9.51. The Morgan fingerprint density at radius 3 is 2.53 bits per heavy atom. The van der Waals surface area contributed by atoms with E-state index in [4.69, 9.17) is 14.2 Å². The van der Waals surface area contributed by atoms with Gasteiger partial charge in [0.05, 0.1) is 16.5 Å². The maximum absolute atomic E-state index is 15.0. The monoisotopic (exact) mass is 512 g/mol. The van der Waals surface area contributed by atoms with Crippen molar-refractivity contribution in [2.24, 2.45) is 0 Å². The Hall–Kier alpha value is -4.92. The Labute approximate surface area is 215 Å². The van der Waals surface area contributed by atoms with Crippen LogP contribution < -0.4 is 14.2 Å². The number of hydrogen-bond acceptors (Lipinski definition) is 7. The number of carbonyl (C=O) groups excluding carboxylic acids is 2. The molecule has 0 amide bonds. The third-order valence-corrected chi connectivity index (χ3v) is 6.25. The van der Waals surface area contributed by atoms with Crippen LogP contribution in [0.4, 0.5) is 8.78 Å². The van der Waals surface area contributed by atoms with Gasteiger partial charge in [-0.1, -0.05) is 30.4 Å². The fraction of sp³-hybridized carbons (Fsp3) is 0.103. The molecule has 6 rings (SSSR count). The van der Waals surface area contributed by atoms with Gasteiger partial charge in [0, 0.05) is 18.1 Å². The van der Waals surface area contributed by atoms with E-state index in [-0.39, 0.29) is 30.4 Å². The number of ether oxygens (including phenoxy) is 3. The van der Waals surface area contributed by atoms with Gasteiger partial charge in [0.1, 0.15) is 12.1 Å². The zero-order valence-electron chi connectivity index (χ0n) is 19.7. The molecule has 1 aliphatic carbocycles. The molecule has 0 fully saturated rings. The van der Waals surface area contributed by atoms with E-state index in [1.165, 1.54) is 42.7 Å². The smallest absolute Gasteiger partial charge is 0.231 e. The summed E-state index contributed by atoms with van der Waals surface area (Å²) in [6, 6.07) is 13.0. The molecule has 3 aromatic carbocycles. The first-order chi connectivity index (χ1) is 18.5. The largest absolute Gasteiger partial charge is 0.454 e. The molecule has 188 valence electrons. The molecule has 9 heteroatoms. The van der Waals surface area contributed by atoms with Crippen LogP contribution in [0.3, 0.4) is 0 Å². The van der Waals surface area contributed by atoms with Gasteiger partial charge in [-0.15, -0.1) is 0 Å². The molecule has 2 aliphatic rings. The van der Waals surface area contributed by atoms with E-state index in [0.29, 0.717) is 45.5 Å². The molecular weight excluding hydrogens is 494 g/mol. The first kappa shape index (κ1) is 23.5. The molecule has 0 N–H and O–H groups in total. The number of rotatable bonds is 6. The number of Topliss-reactive ketones (excluding diaryl/α,β-unsaturated/α-hetero) is 2. The van der Waals surface area contributed by atoms with Crippen molar-refractivity contribution < 1.29 is 32.6 Å². The standard InChI is InChI=1S/C29H18F2N2O5/c30-18-7-5-17(6-8-18)19-2-1-3-20(28(19)35)24(34)11-16-4-9-25(22(31)10-16)38-29-21-12-26-27(37-15-36-26)13-23(21)32-14-33-29/h2-10,12-14H,1,11,15H2. The highest BCUT2D eigenvalue weighted by atomic mass is 19.1. The summed E-state index contributed by atoms with van der Waals surface area (Å²) >= 11 is 0. The first-order valence-corrected chi connectivity index (χ1v) is 11.7. The van der Waals surface area contributed by atoms with Gasteiger partial charge in [0.15, 0.2) is 34.6 Å². The minimum atomic E-state index is -0.696. The minimum absolute atomic E-state index is 0.0266. The molecule has 0 atom stereocenters. The topological polar surface area (TPSA) is 87.6 Å². The number of nitrogens with zero attached hydrogens (tertiary/aromatic N) is 2. The molecule has 0 unspecified atom stereocenters. The fourth-order valence-corrected chi connectivity index (χ4v) is 4.37. The van der Waals surface area contributed by atoms with Crippen LogP contribution in [0.25, 0.3) is 16.5 Å². The predicted molar refractivity (Wildman–Crippen MR) is 133 cm³/mol. The summed E-state index contributed by atoms with van der Waals surface area (Å²) in [6.45, 7) is 0.0937. The highest BCUT2D eigenvalue weighted by Gasteiger charge is 2.25. The molecule has 7 nitrogen and oxygen atoms in total. The quantitative estimate of drug-likeness (QED) is 0.314. The van der Waals surface area contributed by atoms with Gasteiger partial charge in [-0.25, -0.2) is 18.7 Å². The van der Waals surface area contributed by atoms with Crippen molar-refractivity contribution in [1.82, 2.24) is 9.97 Å². The lowest BCUT2D eigenvalue weighted by Gasteiger charge is -2.14. The zero-order valence-corrected chi connectivity index (χ0v) is 19.7. The van der Waals surface area contributed by atoms with Crippen molar-refractivity contribution in [1.29, 1.82) is 0 Å².